The number of hydrogen-bond donors (Lipinski definition) is 1. The van der Waals surface area contributed by atoms with Gasteiger partial charge in [0.25, 0.3) is 0 Å². The number of nitrogens with zero attached hydrogens (tertiary/aromatic N) is 2. The molecule has 3 heterocycles. The van der Waals surface area contributed by atoms with E-state index in [1.54, 1.807) is 36.9 Å². The van der Waals surface area contributed by atoms with Gasteiger partial charge < -0.3 is 14.4 Å². The minimum atomic E-state index is -0.170. The van der Waals surface area contributed by atoms with E-state index in [9.17, 15) is 4.79 Å². The van der Waals surface area contributed by atoms with Crippen LogP contribution in [0, 0.1) is 0 Å². The summed E-state index contributed by atoms with van der Waals surface area (Å²) in [4.78, 5) is 22.6. The summed E-state index contributed by atoms with van der Waals surface area (Å²) >= 11 is 3.29. The van der Waals surface area contributed by atoms with E-state index in [0.29, 0.717) is 17.4 Å². The summed E-state index contributed by atoms with van der Waals surface area (Å²) in [5.41, 5.74) is 3.44. The van der Waals surface area contributed by atoms with Crippen LogP contribution in [0.3, 0.4) is 0 Å². The number of thiophene rings is 1. The number of nitrogens with one attached hydrogen (secondary N) is 1. The largest absolute Gasteiger partial charge is 0.493 e. The quantitative estimate of drug-likeness (QED) is 0.500. The molecule has 8 heteroatoms. The molecule has 6 nitrogen and oxygen atoms in total. The molecule has 1 aliphatic carbocycles. The molecule has 1 atom stereocenters. The molecule has 0 radical (unpaired) electrons. The maximum absolute atomic E-state index is 13.5. The van der Waals surface area contributed by atoms with Gasteiger partial charge >= 0.3 is 6.03 Å². The first-order valence-corrected chi connectivity index (χ1v) is 12.7. The van der Waals surface area contributed by atoms with Crippen molar-refractivity contribution >= 4 is 33.8 Å². The summed E-state index contributed by atoms with van der Waals surface area (Å²) in [6.45, 7) is 0.627. The lowest BCUT2D eigenvalue weighted by Gasteiger charge is -2.37. The zero-order valence-corrected chi connectivity index (χ0v) is 20.0. The maximum Gasteiger partial charge on any atom is 0.324 e. The first-order chi connectivity index (χ1) is 15.7. The Labute approximate surface area is 196 Å². The molecule has 0 bridgehead atoms. The Hall–Kier alpha value is -2.58. The number of carbonyl (C=O) groups is 1. The van der Waals surface area contributed by atoms with Crippen molar-refractivity contribution in [2.75, 3.05) is 26.1 Å². The summed E-state index contributed by atoms with van der Waals surface area (Å²) in [7, 11) is 3.29. The lowest BCUT2D eigenvalue weighted by molar-refractivity contribution is 0.194. The van der Waals surface area contributed by atoms with E-state index in [2.05, 4.69) is 16.8 Å². The second-order valence-corrected chi connectivity index (χ2v) is 10.2. The van der Waals surface area contributed by atoms with Crippen LogP contribution in [0.2, 0.25) is 0 Å². The third-order valence-electron chi connectivity index (χ3n) is 6.26. The number of aryl methyl sites for hydroxylation is 2. The predicted molar refractivity (Wildman–Crippen MR) is 129 cm³/mol. The standard InChI is InChI=1S/C24H27N3O3S2/c1-29-18-13-15-10-11-27(22(21-9-6-12-31-21)16(15)14-19(18)30-2)24(28)26-23-25-17-7-4-3-5-8-20(17)32-23/h6,9,12-14,22H,3-5,7-8,10-11H2,1-2H3,(H,25,26,28). The van der Waals surface area contributed by atoms with Crippen molar-refractivity contribution in [3.05, 3.63) is 56.2 Å². The molecule has 0 saturated carbocycles. The number of benzene rings is 1. The van der Waals surface area contributed by atoms with Crippen LogP contribution in [0.25, 0.3) is 0 Å². The number of carbonyl (C=O) groups excluding carboxylic acids is 1. The highest BCUT2D eigenvalue weighted by atomic mass is 32.1. The number of amides is 2. The van der Waals surface area contributed by atoms with Gasteiger partial charge in [0, 0.05) is 16.3 Å². The van der Waals surface area contributed by atoms with Gasteiger partial charge in [0.15, 0.2) is 16.6 Å². The van der Waals surface area contributed by atoms with E-state index >= 15 is 0 Å². The molecular formula is C24H27N3O3S2. The van der Waals surface area contributed by atoms with E-state index in [1.807, 2.05) is 23.1 Å². The minimum Gasteiger partial charge on any atom is -0.493 e. The van der Waals surface area contributed by atoms with Gasteiger partial charge in [0.1, 0.15) is 0 Å². The first kappa shape index (κ1) is 21.3. The number of hydrogen-bond acceptors (Lipinski definition) is 6. The maximum atomic E-state index is 13.5. The number of urea groups is 1. The van der Waals surface area contributed by atoms with E-state index in [1.165, 1.54) is 35.4 Å². The molecule has 1 unspecified atom stereocenters. The Morgan fingerprint density at radius 2 is 1.94 bits per heavy atom. The molecule has 2 amide bonds. The molecule has 1 N–H and O–H groups in total. The summed E-state index contributed by atoms with van der Waals surface area (Å²) in [5, 5.41) is 5.87. The zero-order valence-electron chi connectivity index (χ0n) is 18.3. The Kier molecular flexibility index (Phi) is 6.06. The van der Waals surface area contributed by atoms with Crippen molar-refractivity contribution in [3.63, 3.8) is 0 Å². The number of anilines is 1. The van der Waals surface area contributed by atoms with Crippen molar-refractivity contribution in [1.29, 1.82) is 0 Å². The van der Waals surface area contributed by atoms with Crippen molar-refractivity contribution in [2.24, 2.45) is 0 Å². The molecule has 32 heavy (non-hydrogen) atoms. The molecule has 168 valence electrons. The third-order valence-corrected chi connectivity index (χ3v) is 8.25. The molecule has 0 saturated heterocycles. The first-order valence-electron chi connectivity index (χ1n) is 11.0. The van der Waals surface area contributed by atoms with Gasteiger partial charge in [-0.25, -0.2) is 9.78 Å². The fraction of sp³-hybridized carbons (Fsp3) is 0.417. The van der Waals surface area contributed by atoms with E-state index in [0.717, 1.165) is 35.5 Å². The van der Waals surface area contributed by atoms with Crippen LogP contribution >= 0.6 is 22.7 Å². The zero-order chi connectivity index (χ0) is 22.1. The number of methoxy groups -OCH3 is 2. The second kappa shape index (κ2) is 9.11. The molecule has 0 fully saturated rings. The van der Waals surface area contributed by atoms with Crippen LogP contribution < -0.4 is 14.8 Å². The summed E-state index contributed by atoms with van der Waals surface area (Å²) in [6, 6.07) is 7.91. The minimum absolute atomic E-state index is 0.104. The Morgan fingerprint density at radius 1 is 1.12 bits per heavy atom. The monoisotopic (exact) mass is 469 g/mol. The average molecular weight is 470 g/mol. The van der Waals surface area contributed by atoms with Gasteiger partial charge in [-0.1, -0.05) is 12.5 Å². The summed E-state index contributed by atoms with van der Waals surface area (Å²) < 4.78 is 11.1. The van der Waals surface area contributed by atoms with Crippen LogP contribution in [0.1, 0.15) is 51.9 Å². The Morgan fingerprint density at radius 3 is 2.72 bits per heavy atom. The van der Waals surface area contributed by atoms with Crippen molar-refractivity contribution in [2.45, 2.75) is 44.6 Å². The SMILES string of the molecule is COc1cc2c(cc1OC)C(c1cccs1)N(C(=O)Nc1nc3c(s1)CCCCC3)CC2. The lowest BCUT2D eigenvalue weighted by Crippen LogP contribution is -2.42. The average Bonchev–Trinajstić information content (AvgIpc) is 3.42. The smallest absolute Gasteiger partial charge is 0.324 e. The van der Waals surface area contributed by atoms with E-state index in [-0.39, 0.29) is 12.1 Å². The van der Waals surface area contributed by atoms with Gasteiger partial charge in [0.2, 0.25) is 0 Å². The fourth-order valence-electron chi connectivity index (χ4n) is 4.66. The van der Waals surface area contributed by atoms with Gasteiger partial charge in [-0.15, -0.1) is 22.7 Å². The van der Waals surface area contributed by atoms with Crippen LogP contribution in [-0.4, -0.2) is 36.7 Å². The van der Waals surface area contributed by atoms with Gasteiger partial charge in [0.05, 0.1) is 26.0 Å². The lowest BCUT2D eigenvalue weighted by atomic mass is 9.91. The third kappa shape index (κ3) is 3.97. The van der Waals surface area contributed by atoms with Crippen LogP contribution in [0.5, 0.6) is 11.5 Å². The highest BCUT2D eigenvalue weighted by Gasteiger charge is 2.34. The van der Waals surface area contributed by atoms with Crippen LogP contribution in [0.15, 0.2) is 29.6 Å². The highest BCUT2D eigenvalue weighted by Crippen LogP contribution is 2.42. The molecule has 1 aliphatic heterocycles. The Balaban J connectivity index is 1.46. The molecular weight excluding hydrogens is 442 g/mol. The molecule has 0 spiro atoms. The molecule has 2 aliphatic rings. The van der Waals surface area contributed by atoms with Crippen molar-refractivity contribution in [3.8, 4) is 11.5 Å². The van der Waals surface area contributed by atoms with Crippen LogP contribution in [-0.2, 0) is 19.3 Å². The van der Waals surface area contributed by atoms with E-state index < -0.39 is 0 Å². The molecule has 2 aromatic heterocycles. The number of ether oxygens (including phenoxy) is 2. The summed E-state index contributed by atoms with van der Waals surface area (Å²) in [5.74, 6) is 1.40. The van der Waals surface area contributed by atoms with Crippen molar-refractivity contribution < 1.29 is 14.3 Å². The topological polar surface area (TPSA) is 63.7 Å². The predicted octanol–water partition coefficient (Wildman–Crippen LogP) is 5.67. The molecule has 1 aromatic carbocycles. The molecule has 5 rings (SSSR count). The number of fused-ring (bicyclic) bond motifs is 2. The second-order valence-electron chi connectivity index (χ2n) is 8.15. The molecule has 3 aromatic rings. The van der Waals surface area contributed by atoms with Gasteiger partial charge in [-0.05, 0) is 66.8 Å². The fourth-order valence-corrected chi connectivity index (χ4v) is 6.56. The summed E-state index contributed by atoms with van der Waals surface area (Å²) in [6.07, 6.45) is 6.49. The van der Waals surface area contributed by atoms with E-state index in [4.69, 9.17) is 14.5 Å². The highest BCUT2D eigenvalue weighted by molar-refractivity contribution is 7.15. The number of aromatic nitrogens is 1. The van der Waals surface area contributed by atoms with Crippen molar-refractivity contribution in [1.82, 2.24) is 9.88 Å². The Bertz CT molecular complexity index is 1090. The van der Waals surface area contributed by atoms with Gasteiger partial charge in [-0.2, -0.15) is 0 Å². The van der Waals surface area contributed by atoms with Crippen LogP contribution in [0.4, 0.5) is 9.93 Å². The van der Waals surface area contributed by atoms with Gasteiger partial charge in [-0.3, -0.25) is 5.32 Å². The number of thiazole rings is 1. The number of rotatable bonds is 4. The normalized spacial score (nSPS) is 17.8.